The maximum Gasteiger partial charge on any atom is 0.309 e. The van der Waals surface area contributed by atoms with E-state index in [9.17, 15) is 18.3 Å². The van der Waals surface area contributed by atoms with Gasteiger partial charge in [-0.15, -0.1) is 0 Å². The number of unbranched alkanes of at least 4 members (excludes halogenated alkanes) is 2. The van der Waals surface area contributed by atoms with Crippen molar-refractivity contribution in [2.24, 2.45) is 5.92 Å². The van der Waals surface area contributed by atoms with E-state index in [1.54, 1.807) is 4.31 Å². The number of carboxylic acid groups (broad SMARTS) is 1. The molecule has 2 aromatic rings. The molecule has 1 fully saturated rings. The summed E-state index contributed by atoms with van der Waals surface area (Å²) in [6.45, 7) is 8.51. The van der Waals surface area contributed by atoms with Gasteiger partial charge in [0.15, 0.2) is 11.5 Å². The average Bonchev–Trinajstić information content (AvgIpc) is 3.59. The summed E-state index contributed by atoms with van der Waals surface area (Å²) in [7, 11) is -3.40. The van der Waals surface area contributed by atoms with E-state index in [0.717, 1.165) is 36.1 Å². The molecule has 0 aliphatic carbocycles. The van der Waals surface area contributed by atoms with E-state index >= 15 is 0 Å². The van der Waals surface area contributed by atoms with Gasteiger partial charge >= 0.3 is 5.97 Å². The molecular weight excluding hydrogens is 544 g/mol. The highest BCUT2D eigenvalue weighted by Crippen LogP contribution is 2.47. The minimum atomic E-state index is -3.40. The van der Waals surface area contributed by atoms with Gasteiger partial charge in [0.05, 0.1) is 18.3 Å². The van der Waals surface area contributed by atoms with Crippen molar-refractivity contribution in [2.45, 2.75) is 64.8 Å². The van der Waals surface area contributed by atoms with E-state index in [-0.39, 0.29) is 18.5 Å². The molecular formula is C31H44N2O7S. The Labute approximate surface area is 244 Å². The van der Waals surface area contributed by atoms with E-state index in [0.29, 0.717) is 57.1 Å². The lowest BCUT2D eigenvalue weighted by Gasteiger charge is -2.30. The van der Waals surface area contributed by atoms with Crippen molar-refractivity contribution in [1.82, 2.24) is 9.21 Å². The summed E-state index contributed by atoms with van der Waals surface area (Å²) in [5.41, 5.74) is 1.74. The number of sulfonamides is 1. The number of likely N-dealkylation sites (tertiary alicyclic amines) is 1. The minimum absolute atomic E-state index is 0.140. The summed E-state index contributed by atoms with van der Waals surface area (Å²) >= 11 is 0. The van der Waals surface area contributed by atoms with Gasteiger partial charge in [0, 0.05) is 38.1 Å². The number of ether oxygens (including phenoxy) is 3. The number of carboxylic acids is 1. The van der Waals surface area contributed by atoms with Crippen molar-refractivity contribution >= 4 is 16.0 Å². The van der Waals surface area contributed by atoms with Crippen LogP contribution in [0.15, 0.2) is 42.5 Å². The summed E-state index contributed by atoms with van der Waals surface area (Å²) in [5.74, 6) is 0.212. The third-order valence-electron chi connectivity index (χ3n) is 7.91. The molecule has 2 aromatic carbocycles. The Morgan fingerprint density at radius 3 is 2.39 bits per heavy atom. The van der Waals surface area contributed by atoms with Gasteiger partial charge < -0.3 is 19.3 Å². The lowest BCUT2D eigenvalue weighted by atomic mass is 9.82. The van der Waals surface area contributed by atoms with Crippen LogP contribution < -0.4 is 14.2 Å². The number of hydrogen-bond donors (Lipinski definition) is 1. The van der Waals surface area contributed by atoms with Gasteiger partial charge in [0.25, 0.3) is 0 Å². The van der Waals surface area contributed by atoms with Gasteiger partial charge in [-0.25, -0.2) is 12.7 Å². The Morgan fingerprint density at radius 2 is 1.71 bits per heavy atom. The number of nitrogens with zero attached hydrogens (tertiary/aromatic N) is 2. The molecule has 0 bridgehead atoms. The molecule has 0 spiro atoms. The standard InChI is InChI=1S/C31H44N2O7S/c1-4-7-8-19-41(36,37)33(15-5-2)17-16-32-21-26(24-11-14-27-28(20-24)40-22-39-27)29(31(34)35)30(32)23-9-12-25(13-10-23)38-18-6-3/h9-14,20,26,29-30H,4-8,15-19,21-22H2,1-3H3,(H,34,35)/t26-,29+,30-/m1/s1. The van der Waals surface area contributed by atoms with Crippen molar-refractivity contribution in [3.63, 3.8) is 0 Å². The fourth-order valence-electron chi connectivity index (χ4n) is 5.86. The van der Waals surface area contributed by atoms with E-state index in [2.05, 4.69) is 11.8 Å². The zero-order valence-corrected chi connectivity index (χ0v) is 25.3. The van der Waals surface area contributed by atoms with Gasteiger partial charge in [0.1, 0.15) is 5.75 Å². The third-order valence-corrected chi connectivity index (χ3v) is 9.87. The van der Waals surface area contributed by atoms with E-state index in [4.69, 9.17) is 14.2 Å². The molecule has 0 unspecified atom stereocenters. The van der Waals surface area contributed by atoms with Crippen LogP contribution in [0.2, 0.25) is 0 Å². The highest BCUT2D eigenvalue weighted by Gasteiger charge is 2.47. The lowest BCUT2D eigenvalue weighted by molar-refractivity contribution is -0.143. The van der Waals surface area contributed by atoms with Crippen LogP contribution in [0.4, 0.5) is 0 Å². The maximum atomic E-state index is 13.2. The average molecular weight is 589 g/mol. The fraction of sp³-hybridized carbons (Fsp3) is 0.581. The predicted molar refractivity (Wildman–Crippen MR) is 158 cm³/mol. The number of benzene rings is 2. The molecule has 1 N–H and O–H groups in total. The van der Waals surface area contributed by atoms with E-state index < -0.39 is 28.0 Å². The first-order chi connectivity index (χ1) is 19.8. The molecule has 0 aromatic heterocycles. The second kappa shape index (κ2) is 14.4. The number of aliphatic carboxylic acids is 1. The predicted octanol–water partition coefficient (Wildman–Crippen LogP) is 5.28. The normalized spacial score (nSPS) is 20.5. The molecule has 10 heteroatoms. The van der Waals surface area contributed by atoms with Crippen molar-refractivity contribution in [1.29, 1.82) is 0 Å². The topological polar surface area (TPSA) is 106 Å². The van der Waals surface area contributed by atoms with Crippen LogP contribution in [-0.2, 0) is 14.8 Å². The second-order valence-corrected chi connectivity index (χ2v) is 13.0. The molecule has 0 saturated carbocycles. The second-order valence-electron chi connectivity index (χ2n) is 10.9. The van der Waals surface area contributed by atoms with Crippen molar-refractivity contribution in [3.05, 3.63) is 53.6 Å². The van der Waals surface area contributed by atoms with Crippen LogP contribution in [0.5, 0.6) is 17.2 Å². The van der Waals surface area contributed by atoms with Crippen LogP contribution >= 0.6 is 0 Å². The fourth-order valence-corrected chi connectivity index (χ4v) is 7.51. The Bertz CT molecular complexity index is 1250. The van der Waals surface area contributed by atoms with Crippen LogP contribution in [0.25, 0.3) is 0 Å². The smallest absolute Gasteiger partial charge is 0.309 e. The maximum absolute atomic E-state index is 13.2. The number of hydrogen-bond acceptors (Lipinski definition) is 7. The molecule has 0 amide bonds. The van der Waals surface area contributed by atoms with Crippen molar-refractivity contribution in [3.8, 4) is 17.2 Å². The van der Waals surface area contributed by atoms with Crippen LogP contribution in [0.3, 0.4) is 0 Å². The number of fused-ring (bicyclic) bond motifs is 1. The lowest BCUT2D eigenvalue weighted by Crippen LogP contribution is -2.40. The summed E-state index contributed by atoms with van der Waals surface area (Å²) < 4.78 is 44.8. The number of carbonyl (C=O) groups is 1. The number of rotatable bonds is 16. The van der Waals surface area contributed by atoms with Gasteiger partial charge in [-0.2, -0.15) is 0 Å². The van der Waals surface area contributed by atoms with Gasteiger partial charge in [0.2, 0.25) is 16.8 Å². The van der Waals surface area contributed by atoms with Crippen molar-refractivity contribution in [2.75, 3.05) is 45.3 Å². The van der Waals surface area contributed by atoms with Gasteiger partial charge in [-0.3, -0.25) is 9.69 Å². The molecule has 0 radical (unpaired) electrons. The molecule has 2 aliphatic heterocycles. The summed E-state index contributed by atoms with van der Waals surface area (Å²) in [4.78, 5) is 15.0. The van der Waals surface area contributed by atoms with Crippen LogP contribution in [0.1, 0.15) is 76.0 Å². The summed E-state index contributed by atoms with van der Waals surface area (Å²) in [6.07, 6.45) is 4.09. The van der Waals surface area contributed by atoms with E-state index in [1.165, 1.54) is 0 Å². The summed E-state index contributed by atoms with van der Waals surface area (Å²) in [6, 6.07) is 12.8. The first-order valence-corrected chi connectivity index (χ1v) is 16.5. The molecule has 3 atom stereocenters. The Kier molecular flexibility index (Phi) is 10.9. The first kappa shape index (κ1) is 31.1. The molecule has 1 saturated heterocycles. The molecule has 226 valence electrons. The zero-order valence-electron chi connectivity index (χ0n) is 24.5. The quantitative estimate of drug-likeness (QED) is 0.264. The highest BCUT2D eigenvalue weighted by atomic mass is 32.2. The zero-order chi connectivity index (χ0) is 29.4. The molecule has 4 rings (SSSR count). The molecule has 9 nitrogen and oxygen atoms in total. The van der Waals surface area contributed by atoms with E-state index in [1.807, 2.05) is 56.3 Å². The van der Waals surface area contributed by atoms with Gasteiger partial charge in [-0.1, -0.05) is 51.8 Å². The Balaban J connectivity index is 1.64. The first-order valence-electron chi connectivity index (χ1n) is 14.9. The molecule has 2 heterocycles. The van der Waals surface area contributed by atoms with Crippen LogP contribution in [0, 0.1) is 5.92 Å². The monoisotopic (exact) mass is 588 g/mol. The van der Waals surface area contributed by atoms with Crippen LogP contribution in [-0.4, -0.2) is 74.0 Å². The van der Waals surface area contributed by atoms with Gasteiger partial charge in [-0.05, 0) is 54.7 Å². The van der Waals surface area contributed by atoms with Crippen molar-refractivity contribution < 1.29 is 32.5 Å². The molecule has 2 aliphatic rings. The third kappa shape index (κ3) is 7.53. The molecule has 41 heavy (non-hydrogen) atoms. The Morgan fingerprint density at radius 1 is 0.976 bits per heavy atom. The SMILES string of the molecule is CCCCCS(=O)(=O)N(CCC)CCN1C[C@H](c2ccc3c(c2)OCO3)[C@H](C(=O)O)[C@H]1c1ccc(OCCC)cc1. The largest absolute Gasteiger partial charge is 0.494 e. The minimum Gasteiger partial charge on any atom is -0.494 e. The summed E-state index contributed by atoms with van der Waals surface area (Å²) in [5, 5.41) is 10.6. The Hall–Kier alpha value is -2.82. The highest BCUT2D eigenvalue weighted by molar-refractivity contribution is 7.89.